The second-order valence-corrected chi connectivity index (χ2v) is 5.51. The number of fused-ring (bicyclic) bond motifs is 1. The Morgan fingerprint density at radius 1 is 1.32 bits per heavy atom. The molecule has 5 heteroatoms. The van der Waals surface area contributed by atoms with Crippen molar-refractivity contribution in [1.82, 2.24) is 14.5 Å². The van der Waals surface area contributed by atoms with Crippen LogP contribution in [0, 0.1) is 3.57 Å². The van der Waals surface area contributed by atoms with E-state index in [2.05, 4.69) is 32.6 Å². The Morgan fingerprint density at radius 2 is 2.16 bits per heavy atom. The SMILES string of the molecule is Cn1cncc1-c1cc(C=O)c2cc(I)ccc2n1. The van der Waals surface area contributed by atoms with Crippen molar-refractivity contribution in [2.45, 2.75) is 0 Å². The van der Waals surface area contributed by atoms with Gasteiger partial charge in [-0.2, -0.15) is 0 Å². The highest BCUT2D eigenvalue weighted by Crippen LogP contribution is 2.24. The lowest BCUT2D eigenvalue weighted by Gasteiger charge is -2.06. The van der Waals surface area contributed by atoms with E-state index in [1.807, 2.05) is 35.9 Å². The Bertz CT molecular complexity index is 779. The molecule has 0 aliphatic rings. The normalized spacial score (nSPS) is 10.8. The number of hydrogen-bond acceptors (Lipinski definition) is 3. The van der Waals surface area contributed by atoms with E-state index >= 15 is 0 Å². The number of halogens is 1. The fraction of sp³-hybridized carbons (Fsp3) is 0.0714. The summed E-state index contributed by atoms with van der Waals surface area (Å²) in [5.74, 6) is 0. The molecule has 2 aromatic heterocycles. The fourth-order valence-electron chi connectivity index (χ4n) is 2.06. The molecule has 4 nitrogen and oxygen atoms in total. The van der Waals surface area contributed by atoms with Gasteiger partial charge in [-0.3, -0.25) is 4.79 Å². The number of pyridine rings is 1. The number of aldehydes is 1. The van der Waals surface area contributed by atoms with Gasteiger partial charge in [0.25, 0.3) is 0 Å². The highest BCUT2D eigenvalue weighted by Gasteiger charge is 2.09. The first-order chi connectivity index (χ1) is 9.19. The molecule has 0 fully saturated rings. The Kier molecular flexibility index (Phi) is 3.06. The lowest BCUT2D eigenvalue weighted by molar-refractivity contribution is 0.112. The minimum atomic E-state index is 0.653. The van der Waals surface area contributed by atoms with Crippen LogP contribution in [0.15, 0.2) is 36.8 Å². The van der Waals surface area contributed by atoms with Crippen molar-refractivity contribution >= 4 is 39.8 Å². The molecule has 0 saturated carbocycles. The third kappa shape index (κ3) is 2.14. The zero-order valence-corrected chi connectivity index (χ0v) is 12.3. The summed E-state index contributed by atoms with van der Waals surface area (Å²) in [5, 5.41) is 0.882. The number of rotatable bonds is 2. The lowest BCUT2D eigenvalue weighted by atomic mass is 10.1. The van der Waals surface area contributed by atoms with Gasteiger partial charge in [-0.25, -0.2) is 9.97 Å². The standard InChI is InChI=1S/C14H10IN3O/c1-18-8-16-6-14(18)13-4-9(7-19)11-5-10(15)2-3-12(11)17-13/h2-8H,1H3. The summed E-state index contributed by atoms with van der Waals surface area (Å²) in [7, 11) is 1.91. The highest BCUT2D eigenvalue weighted by atomic mass is 127. The van der Waals surface area contributed by atoms with Crippen LogP contribution in [-0.2, 0) is 7.05 Å². The maximum absolute atomic E-state index is 11.3. The van der Waals surface area contributed by atoms with Gasteiger partial charge in [0.15, 0.2) is 6.29 Å². The number of imidazole rings is 1. The van der Waals surface area contributed by atoms with Crippen LogP contribution in [0.5, 0.6) is 0 Å². The molecule has 0 aliphatic carbocycles. The van der Waals surface area contributed by atoms with E-state index in [4.69, 9.17) is 0 Å². The average molecular weight is 363 g/mol. The summed E-state index contributed by atoms with van der Waals surface area (Å²) < 4.78 is 2.97. The Morgan fingerprint density at radius 3 is 2.84 bits per heavy atom. The van der Waals surface area contributed by atoms with E-state index in [-0.39, 0.29) is 0 Å². The summed E-state index contributed by atoms with van der Waals surface area (Å²) in [6, 6.07) is 7.70. The molecule has 0 unspecified atom stereocenters. The molecule has 2 heterocycles. The monoisotopic (exact) mass is 363 g/mol. The molecule has 19 heavy (non-hydrogen) atoms. The average Bonchev–Trinajstić information content (AvgIpc) is 2.84. The highest BCUT2D eigenvalue weighted by molar-refractivity contribution is 14.1. The van der Waals surface area contributed by atoms with Gasteiger partial charge in [-0.15, -0.1) is 0 Å². The molecule has 0 N–H and O–H groups in total. The molecular formula is C14H10IN3O. The van der Waals surface area contributed by atoms with Gasteiger partial charge < -0.3 is 4.57 Å². The van der Waals surface area contributed by atoms with Gasteiger partial charge in [0.05, 0.1) is 29.4 Å². The van der Waals surface area contributed by atoms with Crippen molar-refractivity contribution in [2.75, 3.05) is 0 Å². The summed E-state index contributed by atoms with van der Waals surface area (Å²) in [6.45, 7) is 0. The number of nitrogens with zero attached hydrogens (tertiary/aromatic N) is 3. The molecule has 3 aromatic rings. The van der Waals surface area contributed by atoms with Gasteiger partial charge in [0, 0.05) is 21.6 Å². The van der Waals surface area contributed by atoms with Gasteiger partial charge in [0.1, 0.15) is 0 Å². The summed E-state index contributed by atoms with van der Waals surface area (Å²) in [4.78, 5) is 20.0. The fourth-order valence-corrected chi connectivity index (χ4v) is 2.55. The number of carbonyl (C=O) groups excluding carboxylic acids is 1. The number of carbonyl (C=O) groups is 1. The number of benzene rings is 1. The van der Waals surface area contributed by atoms with E-state index in [0.29, 0.717) is 5.56 Å². The molecule has 1 aromatic carbocycles. The zero-order valence-electron chi connectivity index (χ0n) is 10.2. The quantitative estimate of drug-likeness (QED) is 0.520. The summed E-state index contributed by atoms with van der Waals surface area (Å²) in [6.07, 6.45) is 4.34. The van der Waals surface area contributed by atoms with Crippen molar-refractivity contribution in [2.24, 2.45) is 7.05 Å². The minimum Gasteiger partial charge on any atom is -0.332 e. The molecule has 0 atom stereocenters. The van der Waals surface area contributed by atoms with Crippen LogP contribution in [0.4, 0.5) is 0 Å². The van der Waals surface area contributed by atoms with E-state index < -0.39 is 0 Å². The largest absolute Gasteiger partial charge is 0.332 e. The molecule has 0 saturated heterocycles. The molecule has 94 valence electrons. The van der Waals surface area contributed by atoms with Crippen LogP contribution in [0.2, 0.25) is 0 Å². The first-order valence-corrected chi connectivity index (χ1v) is 6.79. The van der Waals surface area contributed by atoms with E-state index in [0.717, 1.165) is 32.1 Å². The molecule has 3 rings (SSSR count). The molecule has 0 spiro atoms. The van der Waals surface area contributed by atoms with Crippen molar-refractivity contribution in [3.05, 3.63) is 45.9 Å². The van der Waals surface area contributed by atoms with Crippen molar-refractivity contribution in [3.63, 3.8) is 0 Å². The molecule has 0 radical (unpaired) electrons. The third-order valence-corrected chi connectivity index (χ3v) is 3.68. The maximum atomic E-state index is 11.3. The van der Waals surface area contributed by atoms with E-state index in [1.54, 1.807) is 12.5 Å². The van der Waals surface area contributed by atoms with Crippen molar-refractivity contribution in [1.29, 1.82) is 0 Å². The Labute approximate surface area is 123 Å². The second kappa shape index (κ2) is 4.73. The lowest BCUT2D eigenvalue weighted by Crippen LogP contribution is -1.95. The van der Waals surface area contributed by atoms with Gasteiger partial charge in [-0.05, 0) is 46.9 Å². The molecule has 0 bridgehead atoms. The van der Waals surface area contributed by atoms with Crippen LogP contribution < -0.4 is 0 Å². The summed E-state index contributed by atoms with van der Waals surface area (Å²) in [5.41, 5.74) is 3.13. The topological polar surface area (TPSA) is 47.8 Å². The summed E-state index contributed by atoms with van der Waals surface area (Å²) >= 11 is 2.23. The number of aromatic nitrogens is 3. The maximum Gasteiger partial charge on any atom is 0.150 e. The number of hydrogen-bond donors (Lipinski definition) is 0. The zero-order chi connectivity index (χ0) is 13.4. The van der Waals surface area contributed by atoms with Crippen LogP contribution in [0.1, 0.15) is 10.4 Å². The van der Waals surface area contributed by atoms with Gasteiger partial charge in [-0.1, -0.05) is 0 Å². The van der Waals surface area contributed by atoms with Gasteiger partial charge >= 0.3 is 0 Å². The van der Waals surface area contributed by atoms with E-state index in [9.17, 15) is 4.79 Å². The van der Waals surface area contributed by atoms with Crippen molar-refractivity contribution in [3.8, 4) is 11.4 Å². The predicted molar refractivity (Wildman–Crippen MR) is 82.0 cm³/mol. The van der Waals surface area contributed by atoms with Crippen LogP contribution >= 0.6 is 22.6 Å². The molecule has 0 aliphatic heterocycles. The Balaban J connectivity index is 2.32. The van der Waals surface area contributed by atoms with Crippen LogP contribution in [0.3, 0.4) is 0 Å². The second-order valence-electron chi connectivity index (χ2n) is 4.27. The van der Waals surface area contributed by atoms with Crippen LogP contribution in [-0.4, -0.2) is 20.8 Å². The smallest absolute Gasteiger partial charge is 0.150 e. The van der Waals surface area contributed by atoms with E-state index in [1.165, 1.54) is 0 Å². The van der Waals surface area contributed by atoms with Crippen LogP contribution in [0.25, 0.3) is 22.3 Å². The third-order valence-electron chi connectivity index (χ3n) is 3.01. The Hall–Kier alpha value is -1.76. The molecular weight excluding hydrogens is 353 g/mol. The predicted octanol–water partition coefficient (Wildman–Crippen LogP) is 3.05. The van der Waals surface area contributed by atoms with Crippen molar-refractivity contribution < 1.29 is 4.79 Å². The first kappa shape index (κ1) is 12.3. The number of aryl methyl sites for hydroxylation is 1. The first-order valence-electron chi connectivity index (χ1n) is 5.71. The minimum absolute atomic E-state index is 0.653. The molecule has 0 amide bonds. The van der Waals surface area contributed by atoms with Gasteiger partial charge in [0.2, 0.25) is 0 Å².